The molecule has 1 aliphatic rings. The first-order chi connectivity index (χ1) is 5.59. The van der Waals surface area contributed by atoms with E-state index >= 15 is 0 Å². The van der Waals surface area contributed by atoms with E-state index in [0.717, 1.165) is 0 Å². The molecular weight excluding hydrogens is 158 g/mol. The van der Waals surface area contributed by atoms with Crippen LogP contribution in [0.5, 0.6) is 0 Å². The van der Waals surface area contributed by atoms with Gasteiger partial charge in [-0.1, -0.05) is 0 Å². The molecule has 68 valence electrons. The quantitative estimate of drug-likeness (QED) is 0.364. The van der Waals surface area contributed by atoms with Crippen LogP contribution in [0.15, 0.2) is 0 Å². The standard InChI is InChI=1S/C7H13N3O2/c8-6(9)3-7(12)10-2-1-5(11)4-10/h5,11H,1-4H2,(H3,8,9). The van der Waals surface area contributed by atoms with Crippen molar-refractivity contribution in [2.24, 2.45) is 5.73 Å². The van der Waals surface area contributed by atoms with Crippen molar-refractivity contribution in [2.45, 2.75) is 18.9 Å². The summed E-state index contributed by atoms with van der Waals surface area (Å²) in [6.07, 6.45) is 0.192. The third-order valence-corrected chi connectivity index (χ3v) is 1.86. The molecule has 0 aromatic carbocycles. The summed E-state index contributed by atoms with van der Waals surface area (Å²) in [5, 5.41) is 16.0. The molecule has 0 aliphatic carbocycles. The number of nitrogens with two attached hydrogens (primary N) is 1. The monoisotopic (exact) mass is 171 g/mol. The molecule has 0 aromatic heterocycles. The van der Waals surface area contributed by atoms with Gasteiger partial charge in [0.1, 0.15) is 0 Å². The first-order valence-electron chi connectivity index (χ1n) is 3.88. The zero-order valence-electron chi connectivity index (χ0n) is 6.79. The molecule has 0 radical (unpaired) electrons. The fraction of sp³-hybridized carbons (Fsp3) is 0.714. The molecule has 0 saturated carbocycles. The lowest BCUT2D eigenvalue weighted by atomic mass is 10.3. The van der Waals surface area contributed by atoms with E-state index in [2.05, 4.69) is 0 Å². The summed E-state index contributed by atoms with van der Waals surface area (Å²) in [5.74, 6) is -0.291. The highest BCUT2D eigenvalue weighted by molar-refractivity contribution is 5.97. The number of amides is 1. The molecule has 5 nitrogen and oxygen atoms in total. The summed E-state index contributed by atoms with van der Waals surface area (Å²) in [4.78, 5) is 12.7. The van der Waals surface area contributed by atoms with Gasteiger partial charge in [-0.05, 0) is 6.42 Å². The van der Waals surface area contributed by atoms with Gasteiger partial charge in [0.15, 0.2) is 0 Å². The fourth-order valence-corrected chi connectivity index (χ4v) is 1.24. The molecule has 1 aliphatic heterocycles. The zero-order chi connectivity index (χ0) is 9.14. The topological polar surface area (TPSA) is 90.4 Å². The molecule has 1 rings (SSSR count). The van der Waals surface area contributed by atoms with Gasteiger partial charge in [-0.15, -0.1) is 0 Å². The first kappa shape index (κ1) is 8.99. The van der Waals surface area contributed by atoms with Crippen molar-refractivity contribution < 1.29 is 9.90 Å². The van der Waals surface area contributed by atoms with Crippen molar-refractivity contribution in [3.05, 3.63) is 0 Å². The second-order valence-electron chi connectivity index (χ2n) is 2.98. The maximum absolute atomic E-state index is 11.2. The summed E-state index contributed by atoms with van der Waals surface area (Å²) in [7, 11) is 0. The third kappa shape index (κ3) is 2.20. The van der Waals surface area contributed by atoms with Gasteiger partial charge in [-0.3, -0.25) is 10.2 Å². The number of aliphatic hydroxyl groups is 1. The average Bonchev–Trinajstić information content (AvgIpc) is 2.34. The molecule has 1 saturated heterocycles. The number of hydrogen-bond acceptors (Lipinski definition) is 3. The molecule has 5 heteroatoms. The highest BCUT2D eigenvalue weighted by Gasteiger charge is 2.24. The zero-order valence-corrected chi connectivity index (χ0v) is 6.79. The smallest absolute Gasteiger partial charge is 0.230 e. The Balaban J connectivity index is 2.38. The van der Waals surface area contributed by atoms with Crippen LogP contribution in [0, 0.1) is 5.41 Å². The lowest BCUT2D eigenvalue weighted by Gasteiger charge is -2.14. The molecular formula is C7H13N3O2. The Hall–Kier alpha value is -1.10. The number of hydrogen-bond donors (Lipinski definition) is 3. The highest BCUT2D eigenvalue weighted by atomic mass is 16.3. The number of nitrogens with zero attached hydrogens (tertiary/aromatic N) is 1. The lowest BCUT2D eigenvalue weighted by Crippen LogP contribution is -2.32. The number of carbonyl (C=O) groups is 1. The largest absolute Gasteiger partial charge is 0.391 e. The van der Waals surface area contributed by atoms with Crippen LogP contribution in [0.2, 0.25) is 0 Å². The number of carbonyl (C=O) groups excluding carboxylic acids is 1. The molecule has 1 fully saturated rings. The Labute approximate surface area is 70.7 Å². The minimum atomic E-state index is -0.402. The van der Waals surface area contributed by atoms with Crippen molar-refractivity contribution in [1.29, 1.82) is 5.41 Å². The van der Waals surface area contributed by atoms with E-state index in [1.54, 1.807) is 0 Å². The minimum Gasteiger partial charge on any atom is -0.391 e. The van der Waals surface area contributed by atoms with Crippen LogP contribution < -0.4 is 5.73 Å². The van der Waals surface area contributed by atoms with Gasteiger partial charge in [0.05, 0.1) is 18.4 Å². The summed E-state index contributed by atoms with van der Waals surface area (Å²) in [6, 6.07) is 0. The Morgan fingerprint density at radius 3 is 2.83 bits per heavy atom. The maximum Gasteiger partial charge on any atom is 0.230 e. The number of nitrogens with one attached hydrogen (secondary N) is 1. The number of amidine groups is 1. The second kappa shape index (κ2) is 3.53. The van der Waals surface area contributed by atoms with Crippen molar-refractivity contribution in [3.8, 4) is 0 Å². The van der Waals surface area contributed by atoms with Gasteiger partial charge in [-0.25, -0.2) is 0 Å². The maximum atomic E-state index is 11.2. The van der Waals surface area contributed by atoms with E-state index in [1.807, 2.05) is 0 Å². The van der Waals surface area contributed by atoms with Crippen LogP contribution in [0.4, 0.5) is 0 Å². The van der Waals surface area contributed by atoms with Crippen LogP contribution in [-0.2, 0) is 4.79 Å². The average molecular weight is 171 g/mol. The third-order valence-electron chi connectivity index (χ3n) is 1.86. The summed E-state index contributed by atoms with van der Waals surface area (Å²) in [6.45, 7) is 0.958. The predicted octanol–water partition coefficient (Wildman–Crippen LogP) is -1.09. The van der Waals surface area contributed by atoms with Crippen LogP contribution >= 0.6 is 0 Å². The Kier molecular flexibility index (Phi) is 2.65. The lowest BCUT2D eigenvalue weighted by molar-refractivity contribution is -0.129. The second-order valence-corrected chi connectivity index (χ2v) is 2.98. The first-order valence-corrected chi connectivity index (χ1v) is 3.88. The molecule has 12 heavy (non-hydrogen) atoms. The number of aliphatic hydroxyl groups excluding tert-OH is 1. The van der Waals surface area contributed by atoms with Crippen molar-refractivity contribution in [3.63, 3.8) is 0 Å². The molecule has 0 spiro atoms. The van der Waals surface area contributed by atoms with E-state index in [1.165, 1.54) is 4.90 Å². The summed E-state index contributed by atoms with van der Waals surface area (Å²) >= 11 is 0. The molecule has 1 atom stereocenters. The van der Waals surface area contributed by atoms with E-state index in [-0.39, 0.29) is 18.2 Å². The fourth-order valence-electron chi connectivity index (χ4n) is 1.24. The van der Waals surface area contributed by atoms with Crippen LogP contribution in [0.1, 0.15) is 12.8 Å². The number of likely N-dealkylation sites (tertiary alicyclic amines) is 1. The Bertz CT molecular complexity index is 205. The SMILES string of the molecule is N=C(N)CC(=O)N1CCC(O)C1. The van der Waals surface area contributed by atoms with Gasteiger partial charge < -0.3 is 15.7 Å². The summed E-state index contributed by atoms with van der Waals surface area (Å²) in [5.41, 5.74) is 5.07. The number of rotatable bonds is 2. The molecule has 1 unspecified atom stereocenters. The Morgan fingerprint density at radius 2 is 2.42 bits per heavy atom. The van der Waals surface area contributed by atoms with E-state index in [0.29, 0.717) is 19.5 Å². The van der Waals surface area contributed by atoms with Crippen LogP contribution in [0.25, 0.3) is 0 Å². The van der Waals surface area contributed by atoms with E-state index in [4.69, 9.17) is 16.2 Å². The van der Waals surface area contributed by atoms with Crippen LogP contribution in [-0.4, -0.2) is 40.9 Å². The van der Waals surface area contributed by atoms with Crippen molar-refractivity contribution in [1.82, 2.24) is 4.90 Å². The van der Waals surface area contributed by atoms with Gasteiger partial charge in [0.25, 0.3) is 0 Å². The van der Waals surface area contributed by atoms with E-state index in [9.17, 15) is 4.79 Å². The predicted molar refractivity (Wildman–Crippen MR) is 43.7 cm³/mol. The highest BCUT2D eigenvalue weighted by Crippen LogP contribution is 2.09. The van der Waals surface area contributed by atoms with Gasteiger partial charge in [-0.2, -0.15) is 0 Å². The molecule has 0 aromatic rings. The van der Waals surface area contributed by atoms with Gasteiger partial charge in [0, 0.05) is 13.1 Å². The number of β-amino-alcohol motifs (C(OH)–C–C–N with tert-alkyl or cyclic N) is 1. The van der Waals surface area contributed by atoms with Crippen molar-refractivity contribution >= 4 is 11.7 Å². The molecule has 0 bridgehead atoms. The van der Waals surface area contributed by atoms with E-state index < -0.39 is 6.10 Å². The Morgan fingerprint density at radius 1 is 1.75 bits per heavy atom. The normalized spacial score (nSPS) is 22.8. The minimum absolute atomic E-state index is 0.0350. The molecule has 1 amide bonds. The summed E-state index contributed by atoms with van der Waals surface area (Å²) < 4.78 is 0. The van der Waals surface area contributed by atoms with Crippen LogP contribution in [0.3, 0.4) is 0 Å². The van der Waals surface area contributed by atoms with Gasteiger partial charge in [0.2, 0.25) is 5.91 Å². The van der Waals surface area contributed by atoms with Crippen molar-refractivity contribution in [2.75, 3.05) is 13.1 Å². The van der Waals surface area contributed by atoms with Gasteiger partial charge >= 0.3 is 0 Å². The molecule has 4 N–H and O–H groups in total. The molecule has 1 heterocycles.